The molecule has 1 aliphatic carbocycles. The largest absolute Gasteiger partial charge is 0.491 e. The number of nitrogens with zero attached hydrogens (tertiary/aromatic N) is 2. The number of ether oxygens (including phenoxy) is 1. The van der Waals surface area contributed by atoms with E-state index in [4.69, 9.17) is 14.8 Å². The Labute approximate surface area is 131 Å². The normalized spacial score (nSPS) is 25.6. The van der Waals surface area contributed by atoms with Crippen LogP contribution in [0.15, 0.2) is 24.3 Å². The molecule has 5 heteroatoms. The highest BCUT2D eigenvalue weighted by molar-refractivity contribution is 5.28. The van der Waals surface area contributed by atoms with Gasteiger partial charge < -0.3 is 9.84 Å². The minimum Gasteiger partial charge on any atom is -0.491 e. The van der Waals surface area contributed by atoms with Gasteiger partial charge in [-0.25, -0.2) is 0 Å². The van der Waals surface area contributed by atoms with E-state index in [1.54, 1.807) is 0 Å². The number of fused-ring (bicyclic) bond motifs is 3. The summed E-state index contributed by atoms with van der Waals surface area (Å²) in [4.78, 5) is 5.84. The van der Waals surface area contributed by atoms with Gasteiger partial charge in [0.2, 0.25) is 0 Å². The number of rotatable bonds is 6. The molecule has 2 heterocycles. The van der Waals surface area contributed by atoms with Crippen LogP contribution in [-0.2, 0) is 11.3 Å². The van der Waals surface area contributed by atoms with Crippen molar-refractivity contribution in [3.05, 3.63) is 29.8 Å². The van der Waals surface area contributed by atoms with Crippen LogP contribution in [-0.4, -0.2) is 41.6 Å². The van der Waals surface area contributed by atoms with Gasteiger partial charge in [0.25, 0.3) is 0 Å². The van der Waals surface area contributed by atoms with Crippen molar-refractivity contribution in [2.45, 2.75) is 50.4 Å². The van der Waals surface area contributed by atoms with Gasteiger partial charge in [0.1, 0.15) is 18.5 Å². The number of benzene rings is 1. The Kier molecular flexibility index (Phi) is 4.94. The Hall–Kier alpha value is -1.61. The molecule has 0 aromatic heterocycles. The lowest BCUT2D eigenvalue weighted by atomic mass is 9.91. The van der Waals surface area contributed by atoms with Crippen LogP contribution in [0.1, 0.15) is 31.2 Å². The number of hydrogen-bond donors (Lipinski definition) is 1. The van der Waals surface area contributed by atoms with Crippen LogP contribution in [0.4, 0.5) is 0 Å². The van der Waals surface area contributed by atoms with E-state index in [-0.39, 0.29) is 6.61 Å². The van der Waals surface area contributed by atoms with Crippen molar-refractivity contribution in [2.24, 2.45) is 0 Å². The molecule has 1 aromatic rings. The summed E-state index contributed by atoms with van der Waals surface area (Å²) in [5.41, 5.74) is 0.966. The quantitative estimate of drug-likeness (QED) is 0.871. The fraction of sp³-hybridized carbons (Fsp3) is 0.588. The molecule has 5 nitrogen and oxygen atoms in total. The van der Waals surface area contributed by atoms with Crippen molar-refractivity contribution in [3.8, 4) is 11.8 Å². The lowest BCUT2D eigenvalue weighted by Gasteiger charge is -2.44. The smallest absolute Gasteiger partial charge is 0.119 e. The van der Waals surface area contributed by atoms with Gasteiger partial charge >= 0.3 is 0 Å². The highest BCUT2D eigenvalue weighted by atomic mass is 16.7. The minimum absolute atomic E-state index is 0.245. The standard InChI is InChI=1S/C17H22N2O3/c18-10-9-13-1-5-16(6-2-13)21-12-15(20)11-19-14-3-7-17(22-19)8-4-14/h1-2,5-6,14-15,17,20H,3-4,7-9,11-12H2. The Balaban J connectivity index is 1.44. The minimum atomic E-state index is -0.571. The molecule has 0 radical (unpaired) electrons. The third-order valence-corrected chi connectivity index (χ3v) is 4.38. The summed E-state index contributed by atoms with van der Waals surface area (Å²) in [5.74, 6) is 0.710. The summed E-state index contributed by atoms with van der Waals surface area (Å²) in [7, 11) is 0. The number of hydrogen-bond acceptors (Lipinski definition) is 5. The number of nitriles is 1. The van der Waals surface area contributed by atoms with Gasteiger partial charge in [-0.3, -0.25) is 4.84 Å². The summed E-state index contributed by atoms with van der Waals surface area (Å²) < 4.78 is 5.61. The second-order valence-corrected chi connectivity index (χ2v) is 6.08. The molecule has 4 rings (SSSR count). The lowest BCUT2D eigenvalue weighted by Crippen LogP contribution is -2.51. The first-order valence-corrected chi connectivity index (χ1v) is 7.95. The molecule has 2 aliphatic heterocycles. The zero-order chi connectivity index (χ0) is 15.4. The maximum atomic E-state index is 10.1. The van der Waals surface area contributed by atoms with Crippen molar-refractivity contribution in [2.75, 3.05) is 13.2 Å². The molecule has 118 valence electrons. The predicted octanol–water partition coefficient (Wildman–Crippen LogP) is 2.05. The van der Waals surface area contributed by atoms with Crippen molar-refractivity contribution in [3.63, 3.8) is 0 Å². The number of aliphatic hydroxyl groups is 1. The SMILES string of the molecule is N#CCc1ccc(OCC(O)CN2OC3CCC2CC3)cc1. The molecule has 0 amide bonds. The molecule has 22 heavy (non-hydrogen) atoms. The van der Waals surface area contributed by atoms with E-state index in [0.29, 0.717) is 30.9 Å². The second kappa shape index (κ2) is 7.10. The summed E-state index contributed by atoms with van der Waals surface area (Å²) in [6, 6.07) is 9.97. The van der Waals surface area contributed by atoms with E-state index >= 15 is 0 Å². The summed E-state index contributed by atoms with van der Waals surface area (Å²) >= 11 is 0. The molecule has 3 fully saturated rings. The lowest BCUT2D eigenvalue weighted by molar-refractivity contribution is -0.283. The molecule has 1 atom stereocenters. The van der Waals surface area contributed by atoms with Crippen molar-refractivity contribution < 1.29 is 14.7 Å². The molecule has 1 unspecified atom stereocenters. The maximum absolute atomic E-state index is 10.1. The van der Waals surface area contributed by atoms with Gasteiger partial charge in [-0.15, -0.1) is 0 Å². The second-order valence-electron chi connectivity index (χ2n) is 6.08. The molecule has 3 aliphatic rings. The van der Waals surface area contributed by atoms with Gasteiger partial charge in [-0.2, -0.15) is 10.3 Å². The fourth-order valence-electron chi connectivity index (χ4n) is 3.16. The van der Waals surface area contributed by atoms with Crippen LogP contribution in [0.5, 0.6) is 5.75 Å². The third-order valence-electron chi connectivity index (χ3n) is 4.38. The molecule has 2 bridgehead atoms. The van der Waals surface area contributed by atoms with E-state index in [9.17, 15) is 5.11 Å². The highest BCUT2D eigenvalue weighted by Gasteiger charge is 2.35. The maximum Gasteiger partial charge on any atom is 0.119 e. The Morgan fingerprint density at radius 2 is 2.00 bits per heavy atom. The van der Waals surface area contributed by atoms with E-state index in [2.05, 4.69) is 6.07 Å². The van der Waals surface area contributed by atoms with Crippen molar-refractivity contribution in [1.29, 1.82) is 5.26 Å². The van der Waals surface area contributed by atoms with Crippen LogP contribution in [0, 0.1) is 11.3 Å². The first-order chi connectivity index (χ1) is 10.7. The van der Waals surface area contributed by atoms with Crippen LogP contribution in [0.3, 0.4) is 0 Å². The first kappa shape index (κ1) is 15.3. The van der Waals surface area contributed by atoms with Gasteiger partial charge in [0.15, 0.2) is 0 Å². The zero-order valence-corrected chi connectivity index (χ0v) is 12.6. The van der Waals surface area contributed by atoms with Crippen molar-refractivity contribution in [1.82, 2.24) is 5.06 Å². The summed E-state index contributed by atoms with van der Waals surface area (Å²) in [5, 5.41) is 20.7. The molecular weight excluding hydrogens is 280 g/mol. The Bertz CT molecular complexity index is 518. The van der Waals surface area contributed by atoms with Crippen LogP contribution < -0.4 is 4.74 Å². The average molecular weight is 302 g/mol. The summed E-state index contributed by atoms with van der Waals surface area (Å²) in [6.07, 6.45) is 4.78. The highest BCUT2D eigenvalue weighted by Crippen LogP contribution is 2.32. The van der Waals surface area contributed by atoms with Crippen LogP contribution >= 0.6 is 0 Å². The topological polar surface area (TPSA) is 65.7 Å². The van der Waals surface area contributed by atoms with E-state index in [1.165, 1.54) is 12.8 Å². The molecule has 0 spiro atoms. The molecule has 1 N–H and O–H groups in total. The molecule has 1 saturated carbocycles. The predicted molar refractivity (Wildman–Crippen MR) is 81.1 cm³/mol. The van der Waals surface area contributed by atoms with E-state index in [1.807, 2.05) is 29.3 Å². The molecule has 2 saturated heterocycles. The van der Waals surface area contributed by atoms with Gasteiger partial charge in [-0.1, -0.05) is 12.1 Å². The van der Waals surface area contributed by atoms with Crippen LogP contribution in [0.2, 0.25) is 0 Å². The van der Waals surface area contributed by atoms with Crippen molar-refractivity contribution >= 4 is 0 Å². The van der Waals surface area contributed by atoms with Gasteiger partial charge in [0, 0.05) is 6.04 Å². The monoisotopic (exact) mass is 302 g/mol. The van der Waals surface area contributed by atoms with E-state index in [0.717, 1.165) is 18.4 Å². The zero-order valence-electron chi connectivity index (χ0n) is 12.6. The first-order valence-electron chi connectivity index (χ1n) is 7.95. The summed E-state index contributed by atoms with van der Waals surface area (Å²) in [6.45, 7) is 0.739. The Morgan fingerprint density at radius 3 is 2.59 bits per heavy atom. The van der Waals surface area contributed by atoms with Gasteiger partial charge in [-0.05, 0) is 43.4 Å². The Morgan fingerprint density at radius 1 is 1.27 bits per heavy atom. The number of aliphatic hydroxyl groups excluding tert-OH is 1. The fourth-order valence-corrected chi connectivity index (χ4v) is 3.16. The van der Waals surface area contributed by atoms with Crippen LogP contribution in [0.25, 0.3) is 0 Å². The van der Waals surface area contributed by atoms with E-state index < -0.39 is 6.10 Å². The van der Waals surface area contributed by atoms with Gasteiger partial charge in [0.05, 0.1) is 25.1 Å². The third kappa shape index (κ3) is 3.77. The molecule has 1 aromatic carbocycles. The average Bonchev–Trinajstić information content (AvgIpc) is 2.56. The number of hydroxylamine groups is 2. The molecular formula is C17H22N2O3.